The summed E-state index contributed by atoms with van der Waals surface area (Å²) in [7, 11) is -3.60. The molecule has 0 atom stereocenters. The lowest BCUT2D eigenvalue weighted by Crippen LogP contribution is -2.35. The predicted octanol–water partition coefficient (Wildman–Crippen LogP) is 0.603. The molecule has 7 heteroatoms. The Morgan fingerprint density at radius 2 is 1.90 bits per heavy atom. The van der Waals surface area contributed by atoms with Gasteiger partial charge in [-0.25, -0.2) is 8.42 Å². The molecule has 0 saturated heterocycles. The van der Waals surface area contributed by atoms with Gasteiger partial charge in [0.25, 0.3) is 0 Å². The largest absolute Gasteiger partial charge is 0.486 e. The van der Waals surface area contributed by atoms with E-state index in [0.29, 0.717) is 24.7 Å². The molecule has 0 amide bonds. The van der Waals surface area contributed by atoms with E-state index in [0.717, 1.165) is 12.8 Å². The second-order valence-corrected chi connectivity index (χ2v) is 6.77. The molecule has 1 saturated carbocycles. The van der Waals surface area contributed by atoms with E-state index < -0.39 is 10.0 Å². The van der Waals surface area contributed by atoms with Crippen molar-refractivity contribution in [2.45, 2.75) is 23.8 Å². The van der Waals surface area contributed by atoms with Crippen molar-refractivity contribution in [1.82, 2.24) is 4.31 Å². The fraction of sp³-hybridized carbons (Fsp3) is 0.538. The molecule has 0 radical (unpaired) electrons. The van der Waals surface area contributed by atoms with E-state index in [1.165, 1.54) is 16.4 Å². The van der Waals surface area contributed by atoms with Crippen LogP contribution < -0.4 is 9.47 Å². The Kier molecular flexibility index (Phi) is 3.57. The predicted molar refractivity (Wildman–Crippen MR) is 71.4 cm³/mol. The van der Waals surface area contributed by atoms with Gasteiger partial charge >= 0.3 is 0 Å². The van der Waals surface area contributed by atoms with E-state index >= 15 is 0 Å². The standard InChI is InChI=1S/C13H17NO5S/c15-6-5-14(10-1-2-10)20(16,17)11-3-4-12-13(9-11)19-8-7-18-12/h3-4,9-10,15H,1-2,5-8H2. The van der Waals surface area contributed by atoms with E-state index in [2.05, 4.69) is 0 Å². The lowest BCUT2D eigenvalue weighted by molar-refractivity contribution is 0.171. The van der Waals surface area contributed by atoms with Crippen molar-refractivity contribution < 1.29 is 23.0 Å². The third kappa shape index (κ3) is 2.48. The van der Waals surface area contributed by atoms with E-state index in [-0.39, 0.29) is 24.1 Å². The molecule has 1 heterocycles. The van der Waals surface area contributed by atoms with E-state index in [4.69, 9.17) is 14.6 Å². The Bertz CT molecular complexity index is 597. The molecule has 1 aromatic rings. The molecule has 2 aliphatic rings. The maximum atomic E-state index is 12.6. The van der Waals surface area contributed by atoms with Crippen LogP contribution in [0.1, 0.15) is 12.8 Å². The number of aliphatic hydroxyl groups is 1. The molecule has 0 unspecified atom stereocenters. The second kappa shape index (κ2) is 5.23. The van der Waals surface area contributed by atoms with Crippen LogP contribution in [0, 0.1) is 0 Å². The molecule has 6 nitrogen and oxygen atoms in total. The van der Waals surface area contributed by atoms with Gasteiger partial charge in [-0.2, -0.15) is 4.31 Å². The van der Waals surface area contributed by atoms with Crippen molar-refractivity contribution in [2.24, 2.45) is 0 Å². The van der Waals surface area contributed by atoms with E-state index in [9.17, 15) is 8.42 Å². The molecule has 1 aliphatic carbocycles. The summed E-state index contributed by atoms with van der Waals surface area (Å²) >= 11 is 0. The van der Waals surface area contributed by atoms with Crippen molar-refractivity contribution >= 4 is 10.0 Å². The highest BCUT2D eigenvalue weighted by Gasteiger charge is 2.38. The third-order valence-corrected chi connectivity index (χ3v) is 5.34. The minimum atomic E-state index is -3.60. The highest BCUT2D eigenvalue weighted by molar-refractivity contribution is 7.89. The number of rotatable bonds is 5. The van der Waals surface area contributed by atoms with Crippen LogP contribution in [-0.4, -0.2) is 50.2 Å². The van der Waals surface area contributed by atoms with E-state index in [1.54, 1.807) is 6.07 Å². The highest BCUT2D eigenvalue weighted by atomic mass is 32.2. The second-order valence-electron chi connectivity index (χ2n) is 4.88. The Hall–Kier alpha value is -1.31. The SMILES string of the molecule is O=S(=O)(c1ccc2c(c1)OCCO2)N(CCO)C1CC1. The normalized spacial score (nSPS) is 18.3. The summed E-state index contributed by atoms with van der Waals surface area (Å²) in [5.74, 6) is 1.02. The number of benzene rings is 1. The van der Waals surface area contributed by atoms with Gasteiger partial charge in [0, 0.05) is 18.7 Å². The van der Waals surface area contributed by atoms with Crippen LogP contribution in [0.2, 0.25) is 0 Å². The topological polar surface area (TPSA) is 76.1 Å². The molecule has 1 fully saturated rings. The first-order valence-corrected chi connectivity index (χ1v) is 8.09. The molecular formula is C13H17NO5S. The van der Waals surface area contributed by atoms with Gasteiger partial charge in [-0.3, -0.25) is 0 Å². The fourth-order valence-corrected chi connectivity index (χ4v) is 3.97. The molecule has 1 N–H and O–H groups in total. The maximum Gasteiger partial charge on any atom is 0.243 e. The molecule has 0 bridgehead atoms. The van der Waals surface area contributed by atoms with Crippen LogP contribution in [-0.2, 0) is 10.0 Å². The number of fused-ring (bicyclic) bond motifs is 1. The van der Waals surface area contributed by atoms with Crippen molar-refractivity contribution in [3.8, 4) is 11.5 Å². The highest BCUT2D eigenvalue weighted by Crippen LogP contribution is 2.36. The van der Waals surface area contributed by atoms with Crippen LogP contribution in [0.5, 0.6) is 11.5 Å². The number of aliphatic hydroxyl groups excluding tert-OH is 1. The summed E-state index contributed by atoms with van der Waals surface area (Å²) in [5, 5.41) is 9.06. The molecule has 3 rings (SSSR count). The average molecular weight is 299 g/mol. The van der Waals surface area contributed by atoms with E-state index in [1.807, 2.05) is 0 Å². The average Bonchev–Trinajstić information content (AvgIpc) is 3.28. The molecule has 1 aliphatic heterocycles. The number of hydrogen-bond acceptors (Lipinski definition) is 5. The molecule has 0 aromatic heterocycles. The van der Waals surface area contributed by atoms with Gasteiger partial charge < -0.3 is 14.6 Å². The zero-order valence-electron chi connectivity index (χ0n) is 11.0. The first kappa shape index (κ1) is 13.7. The zero-order valence-corrected chi connectivity index (χ0v) is 11.8. The van der Waals surface area contributed by atoms with Crippen molar-refractivity contribution in [3.63, 3.8) is 0 Å². The van der Waals surface area contributed by atoms with Gasteiger partial charge in [0.05, 0.1) is 11.5 Å². The summed E-state index contributed by atoms with van der Waals surface area (Å²) in [6, 6.07) is 4.65. The van der Waals surface area contributed by atoms with Gasteiger partial charge in [-0.05, 0) is 25.0 Å². The van der Waals surface area contributed by atoms with Crippen molar-refractivity contribution in [3.05, 3.63) is 18.2 Å². The quantitative estimate of drug-likeness (QED) is 0.862. The fourth-order valence-electron chi connectivity index (χ4n) is 2.28. The van der Waals surface area contributed by atoms with Gasteiger partial charge in [-0.1, -0.05) is 0 Å². The Morgan fingerprint density at radius 3 is 2.55 bits per heavy atom. The number of nitrogens with zero attached hydrogens (tertiary/aromatic N) is 1. The number of ether oxygens (including phenoxy) is 2. The Labute approximate surface area is 118 Å². The summed E-state index contributed by atoms with van der Waals surface area (Å²) in [6.45, 7) is 0.832. The monoisotopic (exact) mass is 299 g/mol. The molecule has 1 aromatic carbocycles. The third-order valence-electron chi connectivity index (χ3n) is 3.39. The molecular weight excluding hydrogens is 282 g/mol. The van der Waals surface area contributed by atoms with Crippen LogP contribution in [0.3, 0.4) is 0 Å². The number of sulfonamides is 1. The minimum Gasteiger partial charge on any atom is -0.486 e. The minimum absolute atomic E-state index is 0.0142. The Balaban J connectivity index is 1.93. The summed E-state index contributed by atoms with van der Waals surface area (Å²) in [6.07, 6.45) is 1.70. The smallest absolute Gasteiger partial charge is 0.243 e. The van der Waals surface area contributed by atoms with Gasteiger partial charge in [0.15, 0.2) is 11.5 Å². The van der Waals surface area contributed by atoms with Crippen LogP contribution >= 0.6 is 0 Å². The summed E-state index contributed by atoms with van der Waals surface area (Å²) in [4.78, 5) is 0.183. The van der Waals surface area contributed by atoms with Crippen LogP contribution in [0.15, 0.2) is 23.1 Å². The van der Waals surface area contributed by atoms with Crippen LogP contribution in [0.4, 0.5) is 0 Å². The van der Waals surface area contributed by atoms with Crippen molar-refractivity contribution in [1.29, 1.82) is 0 Å². The summed E-state index contributed by atoms with van der Waals surface area (Å²) < 4.78 is 37.4. The zero-order chi connectivity index (χ0) is 14.2. The lowest BCUT2D eigenvalue weighted by atomic mass is 10.3. The lowest BCUT2D eigenvalue weighted by Gasteiger charge is -2.23. The number of hydrogen-bond donors (Lipinski definition) is 1. The Morgan fingerprint density at radius 1 is 1.20 bits per heavy atom. The first-order valence-electron chi connectivity index (χ1n) is 6.65. The van der Waals surface area contributed by atoms with Gasteiger partial charge in [0.1, 0.15) is 13.2 Å². The first-order chi connectivity index (χ1) is 9.63. The van der Waals surface area contributed by atoms with Crippen molar-refractivity contribution in [2.75, 3.05) is 26.4 Å². The van der Waals surface area contributed by atoms with Crippen LogP contribution in [0.25, 0.3) is 0 Å². The maximum absolute atomic E-state index is 12.6. The molecule has 20 heavy (non-hydrogen) atoms. The molecule has 0 spiro atoms. The molecule has 110 valence electrons. The van der Waals surface area contributed by atoms with Gasteiger partial charge in [-0.15, -0.1) is 0 Å². The summed E-state index contributed by atoms with van der Waals surface area (Å²) in [5.41, 5.74) is 0. The van der Waals surface area contributed by atoms with Gasteiger partial charge in [0.2, 0.25) is 10.0 Å².